The number of benzene rings is 1. The summed E-state index contributed by atoms with van der Waals surface area (Å²) in [7, 11) is 0. The number of phenolic OH excluding ortho intramolecular Hbond substituents is 1. The van der Waals surface area contributed by atoms with Gasteiger partial charge in [-0.1, -0.05) is 25.5 Å². The summed E-state index contributed by atoms with van der Waals surface area (Å²) in [6, 6.07) is 6.54. The summed E-state index contributed by atoms with van der Waals surface area (Å²) >= 11 is 0. The maximum Gasteiger partial charge on any atom is 0.244 e. The highest BCUT2D eigenvalue weighted by Crippen LogP contribution is 2.10. The molecule has 1 aromatic carbocycles. The standard InChI is InChI=1S/C14H19NO3/c1-2-3-13(17)10-15-14(18)9-6-11-4-7-12(16)8-5-11/h4-9,13,16-17H,2-3,10H2,1H3,(H,15,18)/b9-6+. The summed E-state index contributed by atoms with van der Waals surface area (Å²) in [5.41, 5.74) is 0.831. The van der Waals surface area contributed by atoms with E-state index >= 15 is 0 Å². The average Bonchev–Trinajstić information content (AvgIpc) is 2.36. The lowest BCUT2D eigenvalue weighted by atomic mass is 10.2. The van der Waals surface area contributed by atoms with E-state index in [2.05, 4.69) is 5.32 Å². The smallest absolute Gasteiger partial charge is 0.244 e. The second-order valence-corrected chi connectivity index (χ2v) is 4.11. The highest BCUT2D eigenvalue weighted by molar-refractivity contribution is 5.91. The summed E-state index contributed by atoms with van der Waals surface area (Å²) in [5, 5.41) is 21.2. The average molecular weight is 249 g/mol. The maximum absolute atomic E-state index is 11.4. The molecule has 0 fully saturated rings. The van der Waals surface area contributed by atoms with Gasteiger partial charge in [0.25, 0.3) is 0 Å². The Labute approximate surface area is 107 Å². The molecule has 4 heteroatoms. The SMILES string of the molecule is CCCC(O)CNC(=O)/C=C/c1ccc(O)cc1. The van der Waals surface area contributed by atoms with Gasteiger partial charge in [-0.05, 0) is 30.2 Å². The number of rotatable bonds is 6. The third-order valence-corrected chi connectivity index (χ3v) is 2.45. The molecular formula is C14H19NO3. The summed E-state index contributed by atoms with van der Waals surface area (Å²) in [6.45, 7) is 2.25. The third kappa shape index (κ3) is 5.50. The first kappa shape index (κ1) is 14.3. The molecule has 0 aliphatic carbocycles. The molecule has 1 amide bonds. The molecule has 1 aromatic rings. The van der Waals surface area contributed by atoms with Gasteiger partial charge in [-0.2, -0.15) is 0 Å². The van der Waals surface area contributed by atoms with E-state index in [9.17, 15) is 9.90 Å². The third-order valence-electron chi connectivity index (χ3n) is 2.45. The monoisotopic (exact) mass is 249 g/mol. The lowest BCUT2D eigenvalue weighted by Crippen LogP contribution is -2.30. The van der Waals surface area contributed by atoms with Crippen LogP contribution in [0.15, 0.2) is 30.3 Å². The topological polar surface area (TPSA) is 69.6 Å². The molecule has 0 radical (unpaired) electrons. The van der Waals surface area contributed by atoms with Gasteiger partial charge < -0.3 is 15.5 Å². The highest BCUT2D eigenvalue weighted by Gasteiger charge is 2.03. The van der Waals surface area contributed by atoms with Crippen LogP contribution < -0.4 is 5.32 Å². The molecule has 0 bridgehead atoms. The van der Waals surface area contributed by atoms with Crippen LogP contribution in [0, 0.1) is 0 Å². The number of hydrogen-bond donors (Lipinski definition) is 3. The molecule has 4 nitrogen and oxygen atoms in total. The predicted octanol–water partition coefficient (Wildman–Crippen LogP) is 1.68. The van der Waals surface area contributed by atoms with E-state index in [1.165, 1.54) is 6.08 Å². The summed E-state index contributed by atoms with van der Waals surface area (Å²) in [4.78, 5) is 11.4. The van der Waals surface area contributed by atoms with Crippen molar-refractivity contribution < 1.29 is 15.0 Å². The van der Waals surface area contributed by atoms with E-state index in [1.807, 2.05) is 6.92 Å². The van der Waals surface area contributed by atoms with Gasteiger partial charge in [-0.3, -0.25) is 4.79 Å². The van der Waals surface area contributed by atoms with Crippen LogP contribution in [0.1, 0.15) is 25.3 Å². The van der Waals surface area contributed by atoms with Gasteiger partial charge in [0, 0.05) is 12.6 Å². The second-order valence-electron chi connectivity index (χ2n) is 4.11. The number of carbonyl (C=O) groups excluding carboxylic acids is 1. The van der Waals surface area contributed by atoms with Crippen molar-refractivity contribution in [2.45, 2.75) is 25.9 Å². The van der Waals surface area contributed by atoms with Crippen molar-refractivity contribution in [3.05, 3.63) is 35.9 Å². The molecule has 0 spiro atoms. The molecule has 1 atom stereocenters. The lowest BCUT2D eigenvalue weighted by molar-refractivity contribution is -0.116. The fraction of sp³-hybridized carbons (Fsp3) is 0.357. The van der Waals surface area contributed by atoms with Gasteiger partial charge in [0.2, 0.25) is 5.91 Å². The Hall–Kier alpha value is -1.81. The van der Waals surface area contributed by atoms with Crippen molar-refractivity contribution in [2.24, 2.45) is 0 Å². The minimum absolute atomic E-state index is 0.194. The van der Waals surface area contributed by atoms with Crippen molar-refractivity contribution in [1.82, 2.24) is 5.32 Å². The molecule has 0 saturated heterocycles. The Bertz CT molecular complexity index is 398. The van der Waals surface area contributed by atoms with Gasteiger partial charge in [0.05, 0.1) is 6.10 Å². The number of phenols is 1. The van der Waals surface area contributed by atoms with Crippen molar-refractivity contribution in [3.63, 3.8) is 0 Å². The van der Waals surface area contributed by atoms with Crippen LogP contribution in [0.25, 0.3) is 6.08 Å². The van der Waals surface area contributed by atoms with Crippen LogP contribution in [0.3, 0.4) is 0 Å². The molecule has 0 saturated carbocycles. The van der Waals surface area contributed by atoms with Crippen LogP contribution in [0.4, 0.5) is 0 Å². The minimum atomic E-state index is -0.485. The van der Waals surface area contributed by atoms with Crippen molar-refractivity contribution in [3.8, 4) is 5.75 Å². The molecule has 18 heavy (non-hydrogen) atoms. The van der Waals surface area contributed by atoms with Gasteiger partial charge in [0.15, 0.2) is 0 Å². The van der Waals surface area contributed by atoms with Crippen LogP contribution in [-0.2, 0) is 4.79 Å². The van der Waals surface area contributed by atoms with Gasteiger partial charge in [-0.15, -0.1) is 0 Å². The fourth-order valence-electron chi connectivity index (χ4n) is 1.47. The Morgan fingerprint density at radius 1 is 1.39 bits per heavy atom. The predicted molar refractivity (Wildman–Crippen MR) is 71.1 cm³/mol. The van der Waals surface area contributed by atoms with Gasteiger partial charge in [0.1, 0.15) is 5.75 Å². The van der Waals surface area contributed by atoms with Crippen LogP contribution in [0.2, 0.25) is 0 Å². The van der Waals surface area contributed by atoms with Crippen LogP contribution >= 0.6 is 0 Å². The summed E-state index contributed by atoms with van der Waals surface area (Å²) < 4.78 is 0. The fourth-order valence-corrected chi connectivity index (χ4v) is 1.47. The largest absolute Gasteiger partial charge is 0.508 e. The van der Waals surface area contributed by atoms with Crippen molar-refractivity contribution in [2.75, 3.05) is 6.54 Å². The number of aliphatic hydroxyl groups excluding tert-OH is 1. The molecular weight excluding hydrogens is 230 g/mol. The molecule has 3 N–H and O–H groups in total. The molecule has 0 heterocycles. The van der Waals surface area contributed by atoms with E-state index in [4.69, 9.17) is 5.11 Å². The van der Waals surface area contributed by atoms with E-state index in [-0.39, 0.29) is 18.2 Å². The van der Waals surface area contributed by atoms with E-state index in [1.54, 1.807) is 30.3 Å². The van der Waals surface area contributed by atoms with Crippen LogP contribution in [0.5, 0.6) is 5.75 Å². The molecule has 0 aromatic heterocycles. The number of carbonyl (C=O) groups is 1. The quantitative estimate of drug-likeness (QED) is 0.672. The van der Waals surface area contributed by atoms with Gasteiger partial charge in [-0.25, -0.2) is 0 Å². The Balaban J connectivity index is 2.37. The number of aromatic hydroxyl groups is 1. The Kier molecular flexibility index (Phi) is 5.94. The Morgan fingerprint density at radius 3 is 2.67 bits per heavy atom. The summed E-state index contributed by atoms with van der Waals surface area (Å²) in [5.74, 6) is -0.0440. The number of hydrogen-bond acceptors (Lipinski definition) is 3. The molecule has 0 aliphatic rings. The maximum atomic E-state index is 11.4. The number of aliphatic hydroxyl groups is 1. The summed E-state index contributed by atoms with van der Waals surface area (Å²) in [6.07, 6.45) is 4.15. The second kappa shape index (κ2) is 7.50. The normalized spacial score (nSPS) is 12.6. The first-order valence-corrected chi connectivity index (χ1v) is 6.05. The zero-order valence-electron chi connectivity index (χ0n) is 10.5. The molecule has 0 aliphatic heterocycles. The molecule has 1 unspecified atom stereocenters. The van der Waals surface area contributed by atoms with Gasteiger partial charge >= 0.3 is 0 Å². The van der Waals surface area contributed by atoms with Crippen molar-refractivity contribution >= 4 is 12.0 Å². The van der Waals surface area contributed by atoms with Crippen LogP contribution in [-0.4, -0.2) is 28.8 Å². The van der Waals surface area contributed by atoms with E-state index in [0.29, 0.717) is 6.42 Å². The number of amides is 1. The first-order chi connectivity index (χ1) is 8.61. The first-order valence-electron chi connectivity index (χ1n) is 6.05. The minimum Gasteiger partial charge on any atom is -0.508 e. The lowest BCUT2D eigenvalue weighted by Gasteiger charge is -2.08. The zero-order chi connectivity index (χ0) is 13.4. The number of nitrogens with one attached hydrogen (secondary N) is 1. The Morgan fingerprint density at radius 2 is 2.06 bits per heavy atom. The van der Waals surface area contributed by atoms with E-state index in [0.717, 1.165) is 12.0 Å². The van der Waals surface area contributed by atoms with E-state index < -0.39 is 6.10 Å². The zero-order valence-corrected chi connectivity index (χ0v) is 10.5. The highest BCUT2D eigenvalue weighted by atomic mass is 16.3. The van der Waals surface area contributed by atoms with Crippen molar-refractivity contribution in [1.29, 1.82) is 0 Å². The molecule has 98 valence electrons. The molecule has 1 rings (SSSR count).